The minimum Gasteiger partial charge on any atom is -0.368 e. The maximum Gasteiger partial charge on any atom is 0.225 e. The van der Waals surface area contributed by atoms with Gasteiger partial charge in [-0.1, -0.05) is 19.3 Å². The highest BCUT2D eigenvalue weighted by molar-refractivity contribution is 7.17. The molecule has 2 aromatic rings. The highest BCUT2D eigenvalue weighted by Crippen LogP contribution is 2.29. The van der Waals surface area contributed by atoms with Crippen LogP contribution in [0, 0.1) is 5.92 Å². The SMILES string of the molecule is CC(C)Nc1nc(NCC2CCCCC2)c2sccc2n1. The van der Waals surface area contributed by atoms with E-state index in [-0.39, 0.29) is 0 Å². The molecule has 0 aliphatic heterocycles. The molecule has 1 aliphatic carbocycles. The fraction of sp³-hybridized carbons (Fsp3) is 0.625. The third-order valence-corrected chi connectivity index (χ3v) is 4.91. The van der Waals surface area contributed by atoms with Gasteiger partial charge in [0.05, 0.1) is 10.2 Å². The second-order valence-electron chi connectivity index (χ2n) is 6.21. The Morgan fingerprint density at radius 2 is 2.05 bits per heavy atom. The summed E-state index contributed by atoms with van der Waals surface area (Å²) in [4.78, 5) is 9.25. The van der Waals surface area contributed by atoms with Crippen molar-refractivity contribution in [2.24, 2.45) is 5.92 Å². The molecule has 0 radical (unpaired) electrons. The molecule has 21 heavy (non-hydrogen) atoms. The molecule has 114 valence electrons. The first-order valence-corrected chi connectivity index (χ1v) is 8.86. The molecule has 1 saturated carbocycles. The number of nitrogens with one attached hydrogen (secondary N) is 2. The van der Waals surface area contributed by atoms with E-state index < -0.39 is 0 Å². The van der Waals surface area contributed by atoms with Crippen molar-refractivity contribution >= 4 is 33.3 Å². The Kier molecular flexibility index (Phi) is 4.58. The highest BCUT2D eigenvalue weighted by Gasteiger charge is 2.15. The highest BCUT2D eigenvalue weighted by atomic mass is 32.1. The van der Waals surface area contributed by atoms with Crippen LogP contribution < -0.4 is 10.6 Å². The maximum atomic E-state index is 4.67. The van der Waals surface area contributed by atoms with Crippen LogP contribution in [0.1, 0.15) is 46.0 Å². The minimum atomic E-state index is 0.340. The van der Waals surface area contributed by atoms with E-state index in [1.54, 1.807) is 11.3 Å². The Balaban J connectivity index is 1.77. The average Bonchev–Trinajstić information content (AvgIpc) is 2.93. The first-order chi connectivity index (χ1) is 10.2. The topological polar surface area (TPSA) is 49.8 Å². The normalized spacial score (nSPS) is 16.5. The van der Waals surface area contributed by atoms with Gasteiger partial charge in [0.15, 0.2) is 0 Å². The van der Waals surface area contributed by atoms with Crippen LogP contribution in [0.25, 0.3) is 10.2 Å². The second-order valence-corrected chi connectivity index (χ2v) is 7.13. The molecule has 2 N–H and O–H groups in total. The summed E-state index contributed by atoms with van der Waals surface area (Å²) < 4.78 is 1.17. The van der Waals surface area contributed by atoms with Gasteiger partial charge in [-0.2, -0.15) is 4.98 Å². The number of nitrogens with zero attached hydrogens (tertiary/aromatic N) is 2. The predicted molar refractivity (Wildman–Crippen MR) is 91.2 cm³/mol. The van der Waals surface area contributed by atoms with Gasteiger partial charge in [0, 0.05) is 12.6 Å². The van der Waals surface area contributed by atoms with Crippen molar-refractivity contribution in [2.45, 2.75) is 52.0 Å². The molecule has 2 aromatic heterocycles. The van der Waals surface area contributed by atoms with Crippen molar-refractivity contribution in [1.82, 2.24) is 9.97 Å². The van der Waals surface area contributed by atoms with Gasteiger partial charge in [-0.25, -0.2) is 4.98 Å². The molecule has 3 rings (SSSR count). The van der Waals surface area contributed by atoms with Crippen molar-refractivity contribution in [3.8, 4) is 0 Å². The molecule has 0 spiro atoms. The second kappa shape index (κ2) is 6.60. The van der Waals surface area contributed by atoms with E-state index >= 15 is 0 Å². The summed E-state index contributed by atoms with van der Waals surface area (Å²) in [5.74, 6) is 2.51. The lowest BCUT2D eigenvalue weighted by Crippen LogP contribution is -2.18. The fourth-order valence-electron chi connectivity index (χ4n) is 2.94. The number of rotatable bonds is 5. The van der Waals surface area contributed by atoms with Gasteiger partial charge in [-0.15, -0.1) is 11.3 Å². The van der Waals surface area contributed by atoms with Crippen LogP contribution in [0.4, 0.5) is 11.8 Å². The van der Waals surface area contributed by atoms with E-state index in [4.69, 9.17) is 0 Å². The lowest BCUT2D eigenvalue weighted by atomic mass is 9.89. The van der Waals surface area contributed by atoms with Gasteiger partial charge in [-0.05, 0) is 44.1 Å². The van der Waals surface area contributed by atoms with Crippen molar-refractivity contribution in [3.63, 3.8) is 0 Å². The summed E-state index contributed by atoms with van der Waals surface area (Å²) in [6.07, 6.45) is 6.86. The van der Waals surface area contributed by atoms with E-state index in [0.29, 0.717) is 6.04 Å². The van der Waals surface area contributed by atoms with Gasteiger partial charge >= 0.3 is 0 Å². The summed E-state index contributed by atoms with van der Waals surface area (Å²) in [6.45, 7) is 5.25. The Hall–Kier alpha value is -1.36. The molecule has 0 saturated heterocycles. The monoisotopic (exact) mass is 304 g/mol. The zero-order valence-corrected chi connectivity index (χ0v) is 13.7. The fourth-order valence-corrected chi connectivity index (χ4v) is 3.74. The molecule has 4 nitrogen and oxygen atoms in total. The van der Waals surface area contributed by atoms with E-state index in [9.17, 15) is 0 Å². The van der Waals surface area contributed by atoms with Crippen LogP contribution in [0.5, 0.6) is 0 Å². The average molecular weight is 304 g/mol. The molecule has 5 heteroatoms. The van der Waals surface area contributed by atoms with Crippen LogP contribution in [0.15, 0.2) is 11.4 Å². The summed E-state index contributed by atoms with van der Waals surface area (Å²) in [5, 5.41) is 8.97. The van der Waals surface area contributed by atoms with Gasteiger partial charge < -0.3 is 10.6 Å². The molecule has 1 aliphatic rings. The Bertz CT molecular complexity index is 587. The smallest absolute Gasteiger partial charge is 0.225 e. The third-order valence-electron chi connectivity index (χ3n) is 4.00. The zero-order chi connectivity index (χ0) is 14.7. The Labute approximate surface area is 130 Å². The Morgan fingerprint density at radius 3 is 2.81 bits per heavy atom. The van der Waals surface area contributed by atoms with Crippen LogP contribution in [-0.2, 0) is 0 Å². The summed E-state index contributed by atoms with van der Waals surface area (Å²) in [7, 11) is 0. The number of aromatic nitrogens is 2. The van der Waals surface area contributed by atoms with E-state index in [0.717, 1.165) is 29.7 Å². The van der Waals surface area contributed by atoms with E-state index in [1.165, 1.54) is 36.8 Å². The number of anilines is 2. The molecule has 0 aromatic carbocycles. The van der Waals surface area contributed by atoms with Crippen molar-refractivity contribution < 1.29 is 0 Å². The van der Waals surface area contributed by atoms with Crippen molar-refractivity contribution in [3.05, 3.63) is 11.4 Å². The molecular weight excluding hydrogens is 280 g/mol. The van der Waals surface area contributed by atoms with Crippen LogP contribution in [-0.4, -0.2) is 22.6 Å². The molecular formula is C16H24N4S. The van der Waals surface area contributed by atoms with Crippen LogP contribution >= 0.6 is 11.3 Å². The number of hydrogen-bond acceptors (Lipinski definition) is 5. The largest absolute Gasteiger partial charge is 0.368 e. The van der Waals surface area contributed by atoms with Crippen LogP contribution in [0.2, 0.25) is 0 Å². The molecule has 2 heterocycles. The standard InChI is InChI=1S/C16H24N4S/c1-11(2)18-16-19-13-8-9-21-14(13)15(20-16)17-10-12-6-4-3-5-7-12/h8-9,11-12H,3-7,10H2,1-2H3,(H2,17,18,19,20). The number of fused-ring (bicyclic) bond motifs is 1. The van der Waals surface area contributed by atoms with E-state index in [2.05, 4.69) is 45.9 Å². The van der Waals surface area contributed by atoms with Gasteiger partial charge in [0.2, 0.25) is 5.95 Å². The molecule has 0 atom stereocenters. The van der Waals surface area contributed by atoms with Crippen LogP contribution in [0.3, 0.4) is 0 Å². The van der Waals surface area contributed by atoms with E-state index in [1.807, 2.05) is 0 Å². The van der Waals surface area contributed by atoms with Gasteiger partial charge in [-0.3, -0.25) is 0 Å². The zero-order valence-electron chi connectivity index (χ0n) is 12.9. The predicted octanol–water partition coefficient (Wildman–Crippen LogP) is 4.50. The Morgan fingerprint density at radius 1 is 1.24 bits per heavy atom. The molecule has 0 bridgehead atoms. The number of thiophene rings is 1. The summed E-state index contributed by atoms with van der Waals surface area (Å²) >= 11 is 1.71. The first kappa shape index (κ1) is 14.6. The number of hydrogen-bond donors (Lipinski definition) is 2. The third kappa shape index (κ3) is 3.64. The molecule has 0 unspecified atom stereocenters. The van der Waals surface area contributed by atoms with Gasteiger partial charge in [0.1, 0.15) is 5.82 Å². The first-order valence-electron chi connectivity index (χ1n) is 7.98. The molecule has 1 fully saturated rings. The van der Waals surface area contributed by atoms with Crippen molar-refractivity contribution in [1.29, 1.82) is 0 Å². The maximum absolute atomic E-state index is 4.67. The summed E-state index contributed by atoms with van der Waals surface area (Å²) in [5.41, 5.74) is 1.03. The lowest BCUT2D eigenvalue weighted by Gasteiger charge is -2.22. The quantitative estimate of drug-likeness (QED) is 0.853. The minimum absolute atomic E-state index is 0.340. The lowest BCUT2D eigenvalue weighted by molar-refractivity contribution is 0.373. The molecule has 0 amide bonds. The van der Waals surface area contributed by atoms with Crippen molar-refractivity contribution in [2.75, 3.05) is 17.2 Å². The summed E-state index contributed by atoms with van der Waals surface area (Å²) in [6, 6.07) is 2.41. The van der Waals surface area contributed by atoms with Gasteiger partial charge in [0.25, 0.3) is 0 Å².